The van der Waals surface area contributed by atoms with Crippen molar-refractivity contribution in [1.82, 2.24) is 9.80 Å². The molecule has 0 aliphatic carbocycles. The molecule has 0 atom stereocenters. The average molecular weight is 402 g/mol. The summed E-state index contributed by atoms with van der Waals surface area (Å²) in [6.45, 7) is 2.54. The molecule has 30 heavy (non-hydrogen) atoms. The van der Waals surface area contributed by atoms with E-state index in [9.17, 15) is 14.4 Å². The van der Waals surface area contributed by atoms with Gasteiger partial charge in [-0.25, -0.2) is 4.79 Å². The number of imide groups is 2. The number of hydrogen-bond donors (Lipinski definition) is 0. The van der Waals surface area contributed by atoms with E-state index in [1.807, 2.05) is 73.7 Å². The van der Waals surface area contributed by atoms with E-state index < -0.39 is 17.8 Å². The maximum Gasteiger partial charge on any atom is 0.333 e. The zero-order valence-electron chi connectivity index (χ0n) is 17.2. The Morgan fingerprint density at radius 2 is 1.40 bits per heavy atom. The van der Waals surface area contributed by atoms with Gasteiger partial charge in [-0.15, -0.1) is 0 Å². The SMILES string of the molecule is CCCCN1C(=O)/C(=C/C=C\c2ccccc2)C(=O)N(CCc2ccccc2)C1=O. The Morgan fingerprint density at radius 3 is 2.03 bits per heavy atom. The number of allylic oxidation sites excluding steroid dienone is 2. The number of unbranched alkanes of at least 4 members (excludes halogenated alkanes) is 1. The van der Waals surface area contributed by atoms with Gasteiger partial charge in [-0.05, 0) is 30.0 Å². The van der Waals surface area contributed by atoms with E-state index in [0.717, 1.165) is 17.5 Å². The fraction of sp³-hybridized carbons (Fsp3) is 0.240. The molecule has 0 bridgehead atoms. The summed E-state index contributed by atoms with van der Waals surface area (Å²) in [5.74, 6) is -1.06. The number of urea groups is 1. The van der Waals surface area contributed by atoms with Crippen molar-refractivity contribution in [1.29, 1.82) is 0 Å². The Kier molecular flexibility index (Phi) is 7.33. The molecule has 2 aromatic carbocycles. The van der Waals surface area contributed by atoms with E-state index in [1.54, 1.807) is 6.08 Å². The van der Waals surface area contributed by atoms with Crippen molar-refractivity contribution < 1.29 is 14.4 Å². The van der Waals surface area contributed by atoms with Crippen molar-refractivity contribution in [2.75, 3.05) is 13.1 Å². The number of amides is 4. The molecule has 4 amide bonds. The van der Waals surface area contributed by atoms with Gasteiger partial charge in [0.25, 0.3) is 11.8 Å². The van der Waals surface area contributed by atoms with E-state index in [0.29, 0.717) is 19.4 Å². The first-order chi connectivity index (χ1) is 14.6. The van der Waals surface area contributed by atoms with E-state index in [4.69, 9.17) is 0 Å². The van der Waals surface area contributed by atoms with Crippen molar-refractivity contribution in [3.8, 4) is 0 Å². The second kappa shape index (κ2) is 10.3. The van der Waals surface area contributed by atoms with E-state index in [2.05, 4.69) is 0 Å². The molecular formula is C25H26N2O3. The van der Waals surface area contributed by atoms with Gasteiger partial charge in [-0.3, -0.25) is 19.4 Å². The van der Waals surface area contributed by atoms with Crippen LogP contribution in [0.3, 0.4) is 0 Å². The molecule has 0 unspecified atom stereocenters. The van der Waals surface area contributed by atoms with Crippen molar-refractivity contribution in [2.45, 2.75) is 26.2 Å². The molecule has 1 saturated heterocycles. The number of nitrogens with zero attached hydrogens (tertiary/aromatic N) is 2. The maximum absolute atomic E-state index is 13.0. The van der Waals surface area contributed by atoms with Crippen LogP contribution in [0.25, 0.3) is 6.08 Å². The smallest absolute Gasteiger partial charge is 0.268 e. The third-order valence-corrected chi connectivity index (χ3v) is 4.97. The average Bonchev–Trinajstić information content (AvgIpc) is 2.77. The first-order valence-corrected chi connectivity index (χ1v) is 10.3. The Morgan fingerprint density at radius 1 is 0.800 bits per heavy atom. The van der Waals surface area contributed by atoms with Gasteiger partial charge in [-0.1, -0.05) is 86.2 Å². The summed E-state index contributed by atoms with van der Waals surface area (Å²) < 4.78 is 0. The lowest BCUT2D eigenvalue weighted by atomic mass is 10.1. The molecule has 5 nitrogen and oxygen atoms in total. The number of benzene rings is 2. The van der Waals surface area contributed by atoms with Gasteiger partial charge in [0.05, 0.1) is 0 Å². The third-order valence-electron chi connectivity index (χ3n) is 4.97. The van der Waals surface area contributed by atoms with Crippen LogP contribution in [0.2, 0.25) is 0 Å². The van der Waals surface area contributed by atoms with Gasteiger partial charge in [0.15, 0.2) is 0 Å². The van der Waals surface area contributed by atoms with Crippen molar-refractivity contribution in [3.05, 3.63) is 89.5 Å². The van der Waals surface area contributed by atoms with Crippen LogP contribution in [-0.4, -0.2) is 40.7 Å². The van der Waals surface area contributed by atoms with Crippen LogP contribution in [-0.2, 0) is 16.0 Å². The predicted octanol–water partition coefficient (Wildman–Crippen LogP) is 4.46. The molecule has 1 fully saturated rings. The second-order valence-corrected chi connectivity index (χ2v) is 7.14. The summed E-state index contributed by atoms with van der Waals surface area (Å²) in [5.41, 5.74) is 2.01. The fourth-order valence-electron chi connectivity index (χ4n) is 3.26. The predicted molar refractivity (Wildman–Crippen MR) is 117 cm³/mol. The zero-order chi connectivity index (χ0) is 21.3. The highest BCUT2D eigenvalue weighted by Gasteiger charge is 2.41. The summed E-state index contributed by atoms with van der Waals surface area (Å²) in [7, 11) is 0. The van der Waals surface area contributed by atoms with Crippen LogP contribution >= 0.6 is 0 Å². The topological polar surface area (TPSA) is 57.7 Å². The third kappa shape index (κ3) is 5.11. The van der Waals surface area contributed by atoms with E-state index >= 15 is 0 Å². The fourth-order valence-corrected chi connectivity index (χ4v) is 3.26. The van der Waals surface area contributed by atoms with Crippen molar-refractivity contribution >= 4 is 23.9 Å². The molecule has 1 aliphatic rings. The molecule has 0 saturated carbocycles. The minimum absolute atomic E-state index is 0.0194. The Bertz CT molecular complexity index is 949. The summed E-state index contributed by atoms with van der Waals surface area (Å²) in [4.78, 5) is 41.1. The molecule has 5 heteroatoms. The van der Waals surface area contributed by atoms with Crippen LogP contribution in [0.1, 0.15) is 30.9 Å². The summed E-state index contributed by atoms with van der Waals surface area (Å²) in [6, 6.07) is 18.8. The highest BCUT2D eigenvalue weighted by Crippen LogP contribution is 2.19. The van der Waals surface area contributed by atoms with Crippen LogP contribution in [0, 0.1) is 0 Å². The summed E-state index contributed by atoms with van der Waals surface area (Å²) in [5, 5.41) is 0. The van der Waals surface area contributed by atoms with Gasteiger partial charge < -0.3 is 0 Å². The number of hydrogen-bond acceptors (Lipinski definition) is 3. The lowest BCUT2D eigenvalue weighted by molar-refractivity contribution is -0.135. The monoisotopic (exact) mass is 402 g/mol. The molecule has 154 valence electrons. The van der Waals surface area contributed by atoms with Crippen LogP contribution in [0.15, 0.2) is 78.4 Å². The summed E-state index contributed by atoms with van der Waals surface area (Å²) in [6.07, 6.45) is 7.12. The van der Waals surface area contributed by atoms with E-state index in [1.165, 1.54) is 15.9 Å². The molecule has 0 N–H and O–H groups in total. The number of carbonyl (C=O) groups excluding carboxylic acids is 3. The molecule has 0 spiro atoms. The molecule has 2 aromatic rings. The Hall–Kier alpha value is -3.47. The number of carbonyl (C=O) groups is 3. The van der Waals surface area contributed by atoms with Crippen LogP contribution in [0.5, 0.6) is 0 Å². The molecule has 1 heterocycles. The lowest BCUT2D eigenvalue weighted by Gasteiger charge is -2.34. The molecule has 1 aliphatic heterocycles. The largest absolute Gasteiger partial charge is 0.333 e. The minimum atomic E-state index is -0.536. The zero-order valence-corrected chi connectivity index (χ0v) is 17.2. The second-order valence-electron chi connectivity index (χ2n) is 7.14. The normalized spacial score (nSPS) is 16.2. The highest BCUT2D eigenvalue weighted by atomic mass is 16.2. The highest BCUT2D eigenvalue weighted by molar-refractivity contribution is 6.28. The van der Waals surface area contributed by atoms with Gasteiger partial charge in [0.1, 0.15) is 5.57 Å². The van der Waals surface area contributed by atoms with Gasteiger partial charge in [-0.2, -0.15) is 0 Å². The molecule has 0 aromatic heterocycles. The quantitative estimate of drug-likeness (QED) is 0.484. The first-order valence-electron chi connectivity index (χ1n) is 10.3. The molecule has 0 radical (unpaired) electrons. The van der Waals surface area contributed by atoms with Crippen LogP contribution < -0.4 is 0 Å². The maximum atomic E-state index is 13.0. The van der Waals surface area contributed by atoms with E-state index in [-0.39, 0.29) is 12.1 Å². The van der Waals surface area contributed by atoms with Crippen molar-refractivity contribution in [2.24, 2.45) is 0 Å². The standard InChI is InChI=1S/C25H26N2O3/c1-2-3-18-26-23(28)22(16-10-15-20-11-6-4-7-12-20)24(29)27(25(26)30)19-17-21-13-8-5-9-14-21/h4-16H,2-3,17-19H2,1H3/b15-10-,22-16-. The van der Waals surface area contributed by atoms with Crippen LogP contribution in [0.4, 0.5) is 4.79 Å². The van der Waals surface area contributed by atoms with Gasteiger partial charge in [0, 0.05) is 13.1 Å². The lowest BCUT2D eigenvalue weighted by Crippen LogP contribution is -2.56. The summed E-state index contributed by atoms with van der Waals surface area (Å²) >= 11 is 0. The van der Waals surface area contributed by atoms with Crippen molar-refractivity contribution in [3.63, 3.8) is 0 Å². The van der Waals surface area contributed by atoms with Gasteiger partial charge in [0.2, 0.25) is 0 Å². The number of rotatable bonds is 8. The molecular weight excluding hydrogens is 376 g/mol. The molecule has 3 rings (SSSR count). The first kappa shape index (κ1) is 21.2. The number of barbiturate groups is 1. The Labute approximate surface area is 177 Å². The van der Waals surface area contributed by atoms with Gasteiger partial charge >= 0.3 is 6.03 Å². The minimum Gasteiger partial charge on any atom is -0.268 e. The Balaban J connectivity index is 1.83.